The lowest BCUT2D eigenvalue weighted by Crippen LogP contribution is -2.55. The molecule has 2 aliphatic heterocycles. The SMILES string of the molecule is Cc1ccc(N2CCCC(NC(=O)C3(O)CCSCC3)C2)cc1. The number of thioether (sulfide) groups is 1. The zero-order chi connectivity index (χ0) is 16.3. The smallest absolute Gasteiger partial charge is 0.252 e. The number of benzene rings is 1. The first-order valence-electron chi connectivity index (χ1n) is 8.49. The molecule has 126 valence electrons. The number of rotatable bonds is 3. The first-order chi connectivity index (χ1) is 11.1. The van der Waals surface area contributed by atoms with Crippen LogP contribution in [0.1, 0.15) is 31.2 Å². The van der Waals surface area contributed by atoms with Gasteiger partial charge in [-0.25, -0.2) is 0 Å². The van der Waals surface area contributed by atoms with Crippen LogP contribution in [-0.4, -0.2) is 47.3 Å². The zero-order valence-electron chi connectivity index (χ0n) is 13.8. The minimum Gasteiger partial charge on any atom is -0.380 e. The Morgan fingerprint density at radius 3 is 2.70 bits per heavy atom. The predicted molar refractivity (Wildman–Crippen MR) is 96.1 cm³/mol. The van der Waals surface area contributed by atoms with Crippen molar-refractivity contribution in [2.24, 2.45) is 0 Å². The zero-order valence-corrected chi connectivity index (χ0v) is 14.6. The molecule has 0 aromatic heterocycles. The number of nitrogens with one attached hydrogen (secondary N) is 1. The molecule has 23 heavy (non-hydrogen) atoms. The first kappa shape index (κ1) is 16.7. The Kier molecular flexibility index (Phi) is 5.17. The summed E-state index contributed by atoms with van der Waals surface area (Å²) in [6.45, 7) is 3.93. The van der Waals surface area contributed by atoms with Crippen LogP contribution in [0.4, 0.5) is 5.69 Å². The standard InChI is InChI=1S/C18H26N2O2S/c1-14-4-6-16(7-5-14)20-10-2-3-15(13-20)19-17(21)18(22)8-11-23-12-9-18/h4-7,15,22H,2-3,8-13H2,1H3,(H,19,21). The molecule has 2 saturated heterocycles. The molecule has 2 aliphatic rings. The Morgan fingerprint density at radius 2 is 2.00 bits per heavy atom. The fourth-order valence-corrected chi connectivity index (χ4v) is 4.51. The molecule has 0 spiro atoms. The summed E-state index contributed by atoms with van der Waals surface area (Å²) in [4.78, 5) is 14.8. The molecule has 1 unspecified atom stereocenters. The number of anilines is 1. The molecule has 2 heterocycles. The molecule has 3 rings (SSSR count). The predicted octanol–water partition coefficient (Wildman–Crippen LogP) is 2.34. The highest BCUT2D eigenvalue weighted by Crippen LogP contribution is 2.28. The number of hydrogen-bond acceptors (Lipinski definition) is 4. The summed E-state index contributed by atoms with van der Waals surface area (Å²) >= 11 is 1.81. The lowest BCUT2D eigenvalue weighted by molar-refractivity contribution is -0.141. The minimum atomic E-state index is -1.16. The van der Waals surface area contributed by atoms with Gasteiger partial charge in [0.2, 0.25) is 0 Å². The second-order valence-electron chi connectivity index (χ2n) is 6.74. The summed E-state index contributed by atoms with van der Waals surface area (Å²) in [6, 6.07) is 8.66. The maximum absolute atomic E-state index is 12.5. The number of aliphatic hydroxyl groups is 1. The molecule has 0 aliphatic carbocycles. The van der Waals surface area contributed by atoms with E-state index in [9.17, 15) is 9.90 Å². The number of carbonyl (C=O) groups is 1. The number of amides is 1. The fourth-order valence-electron chi connectivity index (χ4n) is 3.34. The fraction of sp³-hybridized carbons (Fsp3) is 0.611. The van der Waals surface area contributed by atoms with Gasteiger partial charge in [-0.2, -0.15) is 11.8 Å². The first-order valence-corrected chi connectivity index (χ1v) is 9.65. The molecule has 2 fully saturated rings. The van der Waals surface area contributed by atoms with Crippen LogP contribution in [0.15, 0.2) is 24.3 Å². The van der Waals surface area contributed by atoms with E-state index >= 15 is 0 Å². The monoisotopic (exact) mass is 334 g/mol. The van der Waals surface area contributed by atoms with Crippen molar-refractivity contribution < 1.29 is 9.90 Å². The quantitative estimate of drug-likeness (QED) is 0.891. The molecular formula is C18H26N2O2S. The van der Waals surface area contributed by atoms with Crippen LogP contribution in [0.5, 0.6) is 0 Å². The van der Waals surface area contributed by atoms with E-state index in [0.29, 0.717) is 12.8 Å². The molecule has 0 bridgehead atoms. The van der Waals surface area contributed by atoms with Crippen LogP contribution in [0, 0.1) is 6.92 Å². The molecule has 0 saturated carbocycles. The van der Waals surface area contributed by atoms with Crippen molar-refractivity contribution >= 4 is 23.4 Å². The van der Waals surface area contributed by atoms with Crippen LogP contribution in [0.3, 0.4) is 0 Å². The van der Waals surface area contributed by atoms with Crippen molar-refractivity contribution in [2.45, 2.75) is 44.2 Å². The minimum absolute atomic E-state index is 0.121. The normalized spacial score (nSPS) is 24.3. The third-order valence-corrected chi connectivity index (χ3v) is 5.88. The maximum atomic E-state index is 12.5. The van der Waals surface area contributed by atoms with Gasteiger partial charge in [0, 0.05) is 24.8 Å². The summed E-state index contributed by atoms with van der Waals surface area (Å²) in [7, 11) is 0. The summed E-state index contributed by atoms with van der Waals surface area (Å²) in [6.07, 6.45) is 3.18. The number of nitrogens with zero attached hydrogens (tertiary/aromatic N) is 1. The highest BCUT2D eigenvalue weighted by Gasteiger charge is 2.38. The van der Waals surface area contributed by atoms with Crippen molar-refractivity contribution in [1.82, 2.24) is 5.32 Å². The van der Waals surface area contributed by atoms with Gasteiger partial charge < -0.3 is 15.3 Å². The van der Waals surface area contributed by atoms with Crippen LogP contribution in [0.2, 0.25) is 0 Å². The van der Waals surface area contributed by atoms with E-state index in [1.807, 2.05) is 11.8 Å². The van der Waals surface area contributed by atoms with Gasteiger partial charge in [0.05, 0.1) is 0 Å². The van der Waals surface area contributed by atoms with E-state index < -0.39 is 5.60 Å². The largest absolute Gasteiger partial charge is 0.380 e. The van der Waals surface area contributed by atoms with Crippen molar-refractivity contribution in [3.63, 3.8) is 0 Å². The average Bonchev–Trinajstić information content (AvgIpc) is 2.56. The Hall–Kier alpha value is -1.20. The van der Waals surface area contributed by atoms with E-state index in [0.717, 1.165) is 37.4 Å². The van der Waals surface area contributed by atoms with Gasteiger partial charge in [-0.1, -0.05) is 17.7 Å². The van der Waals surface area contributed by atoms with Gasteiger partial charge in [-0.3, -0.25) is 4.79 Å². The van der Waals surface area contributed by atoms with Crippen molar-refractivity contribution in [3.05, 3.63) is 29.8 Å². The Balaban J connectivity index is 1.60. The summed E-state index contributed by atoms with van der Waals surface area (Å²) in [5.41, 5.74) is 1.31. The number of aryl methyl sites for hydroxylation is 1. The Labute approximate surface area is 142 Å². The average molecular weight is 334 g/mol. The third-order valence-electron chi connectivity index (χ3n) is 4.90. The second kappa shape index (κ2) is 7.14. The number of piperidine rings is 1. The molecule has 1 aromatic carbocycles. The van der Waals surface area contributed by atoms with E-state index in [-0.39, 0.29) is 11.9 Å². The van der Waals surface area contributed by atoms with Crippen molar-refractivity contribution in [1.29, 1.82) is 0 Å². The molecule has 2 N–H and O–H groups in total. The molecule has 4 nitrogen and oxygen atoms in total. The van der Waals surface area contributed by atoms with E-state index in [4.69, 9.17) is 0 Å². The molecule has 1 aromatic rings. The lowest BCUT2D eigenvalue weighted by atomic mass is 9.94. The van der Waals surface area contributed by atoms with E-state index in [1.54, 1.807) is 0 Å². The maximum Gasteiger partial charge on any atom is 0.252 e. The van der Waals surface area contributed by atoms with Gasteiger partial charge in [0.25, 0.3) is 5.91 Å². The van der Waals surface area contributed by atoms with Gasteiger partial charge in [-0.05, 0) is 56.2 Å². The van der Waals surface area contributed by atoms with Gasteiger partial charge in [0.15, 0.2) is 0 Å². The summed E-state index contributed by atoms with van der Waals surface area (Å²) in [5.74, 6) is 1.56. The molecular weight excluding hydrogens is 308 g/mol. The van der Waals surface area contributed by atoms with Gasteiger partial charge in [-0.15, -0.1) is 0 Å². The van der Waals surface area contributed by atoms with E-state index in [2.05, 4.69) is 41.4 Å². The van der Waals surface area contributed by atoms with E-state index in [1.165, 1.54) is 11.3 Å². The van der Waals surface area contributed by atoms with Crippen molar-refractivity contribution in [3.8, 4) is 0 Å². The Bertz CT molecular complexity index is 540. The second-order valence-corrected chi connectivity index (χ2v) is 7.96. The number of carbonyl (C=O) groups excluding carboxylic acids is 1. The highest BCUT2D eigenvalue weighted by atomic mass is 32.2. The summed E-state index contributed by atoms with van der Waals surface area (Å²) in [5, 5.41) is 13.6. The highest BCUT2D eigenvalue weighted by molar-refractivity contribution is 7.99. The van der Waals surface area contributed by atoms with Crippen molar-refractivity contribution in [2.75, 3.05) is 29.5 Å². The van der Waals surface area contributed by atoms with Crippen LogP contribution in [0.25, 0.3) is 0 Å². The Morgan fingerprint density at radius 1 is 1.30 bits per heavy atom. The van der Waals surface area contributed by atoms with Crippen LogP contribution in [-0.2, 0) is 4.79 Å². The topological polar surface area (TPSA) is 52.6 Å². The van der Waals surface area contributed by atoms with Crippen LogP contribution < -0.4 is 10.2 Å². The lowest BCUT2D eigenvalue weighted by Gasteiger charge is -2.37. The van der Waals surface area contributed by atoms with Gasteiger partial charge in [0.1, 0.15) is 5.60 Å². The third kappa shape index (κ3) is 4.01. The van der Waals surface area contributed by atoms with Crippen LogP contribution >= 0.6 is 11.8 Å². The van der Waals surface area contributed by atoms with Gasteiger partial charge >= 0.3 is 0 Å². The molecule has 0 radical (unpaired) electrons. The molecule has 1 atom stereocenters. The molecule has 1 amide bonds. The number of hydrogen-bond donors (Lipinski definition) is 2. The summed E-state index contributed by atoms with van der Waals surface area (Å²) < 4.78 is 0. The molecule has 5 heteroatoms.